The van der Waals surface area contributed by atoms with E-state index in [-0.39, 0.29) is 23.7 Å². The van der Waals surface area contributed by atoms with E-state index in [1.807, 2.05) is 6.92 Å². The Balaban J connectivity index is 2.47. The fraction of sp³-hybridized carbons (Fsp3) is 0.833. The minimum atomic E-state index is -0.364. The molecular formula is C12H21NO3. The van der Waals surface area contributed by atoms with Crippen molar-refractivity contribution in [2.75, 3.05) is 6.61 Å². The maximum atomic E-state index is 11.8. The second kappa shape index (κ2) is 6.51. The summed E-state index contributed by atoms with van der Waals surface area (Å²) in [5, 5.41) is 0. The summed E-state index contributed by atoms with van der Waals surface area (Å²) in [6.07, 6.45) is 5.29. The first-order valence-electron chi connectivity index (χ1n) is 6.12. The SMILES string of the molecule is CCCCOC(=O)C1CCCCC1C(N)=O. The van der Waals surface area contributed by atoms with Gasteiger partial charge in [-0.25, -0.2) is 0 Å². The number of amides is 1. The molecule has 1 fully saturated rings. The lowest BCUT2D eigenvalue weighted by Crippen LogP contribution is -2.37. The van der Waals surface area contributed by atoms with Crippen LogP contribution in [0.2, 0.25) is 0 Å². The lowest BCUT2D eigenvalue weighted by atomic mass is 9.79. The Morgan fingerprint density at radius 3 is 2.44 bits per heavy atom. The second-order valence-corrected chi connectivity index (χ2v) is 4.42. The van der Waals surface area contributed by atoms with Gasteiger partial charge in [-0.1, -0.05) is 26.2 Å². The number of unbranched alkanes of at least 4 members (excludes halogenated alkanes) is 1. The van der Waals surface area contributed by atoms with Crippen molar-refractivity contribution in [3.63, 3.8) is 0 Å². The number of primary amides is 1. The van der Waals surface area contributed by atoms with Crippen molar-refractivity contribution in [3.05, 3.63) is 0 Å². The molecule has 0 aromatic carbocycles. The van der Waals surface area contributed by atoms with Crippen LogP contribution >= 0.6 is 0 Å². The van der Waals surface area contributed by atoms with E-state index in [4.69, 9.17) is 10.5 Å². The Morgan fingerprint density at radius 2 is 1.88 bits per heavy atom. The highest BCUT2D eigenvalue weighted by molar-refractivity contribution is 5.84. The van der Waals surface area contributed by atoms with Crippen molar-refractivity contribution in [3.8, 4) is 0 Å². The van der Waals surface area contributed by atoms with Gasteiger partial charge in [-0.15, -0.1) is 0 Å². The van der Waals surface area contributed by atoms with Gasteiger partial charge in [0.2, 0.25) is 5.91 Å². The summed E-state index contributed by atoms with van der Waals surface area (Å²) >= 11 is 0. The molecule has 92 valence electrons. The van der Waals surface area contributed by atoms with Gasteiger partial charge in [-0.05, 0) is 19.3 Å². The van der Waals surface area contributed by atoms with Crippen LogP contribution in [0, 0.1) is 11.8 Å². The monoisotopic (exact) mass is 227 g/mol. The minimum absolute atomic E-state index is 0.239. The maximum Gasteiger partial charge on any atom is 0.309 e. The number of rotatable bonds is 5. The Labute approximate surface area is 96.5 Å². The molecule has 1 amide bonds. The molecule has 1 saturated carbocycles. The molecule has 16 heavy (non-hydrogen) atoms. The zero-order valence-electron chi connectivity index (χ0n) is 9.91. The lowest BCUT2D eigenvalue weighted by Gasteiger charge is -2.27. The van der Waals surface area contributed by atoms with Gasteiger partial charge in [0.1, 0.15) is 0 Å². The Kier molecular flexibility index (Phi) is 5.29. The van der Waals surface area contributed by atoms with Crippen LogP contribution in [0.1, 0.15) is 45.4 Å². The highest BCUT2D eigenvalue weighted by Crippen LogP contribution is 2.30. The quantitative estimate of drug-likeness (QED) is 0.573. The molecule has 2 atom stereocenters. The summed E-state index contributed by atoms with van der Waals surface area (Å²) in [5.74, 6) is -1.22. The molecule has 2 N–H and O–H groups in total. The van der Waals surface area contributed by atoms with E-state index in [9.17, 15) is 9.59 Å². The van der Waals surface area contributed by atoms with Crippen LogP contribution in [-0.4, -0.2) is 18.5 Å². The summed E-state index contributed by atoms with van der Waals surface area (Å²) in [6.45, 7) is 2.50. The van der Waals surface area contributed by atoms with E-state index < -0.39 is 0 Å². The molecule has 0 aromatic heterocycles. The second-order valence-electron chi connectivity index (χ2n) is 4.42. The smallest absolute Gasteiger partial charge is 0.309 e. The zero-order valence-corrected chi connectivity index (χ0v) is 9.91. The molecule has 1 aliphatic rings. The van der Waals surface area contributed by atoms with Gasteiger partial charge >= 0.3 is 5.97 Å². The average molecular weight is 227 g/mol. The normalized spacial score (nSPS) is 25.1. The summed E-state index contributed by atoms with van der Waals surface area (Å²) in [6, 6.07) is 0. The molecule has 0 bridgehead atoms. The van der Waals surface area contributed by atoms with Gasteiger partial charge in [0.15, 0.2) is 0 Å². The molecule has 1 aliphatic carbocycles. The van der Waals surface area contributed by atoms with Crippen molar-refractivity contribution in [1.29, 1.82) is 0 Å². The Hall–Kier alpha value is -1.06. The summed E-state index contributed by atoms with van der Waals surface area (Å²) in [5.41, 5.74) is 5.30. The van der Waals surface area contributed by atoms with Crippen molar-refractivity contribution >= 4 is 11.9 Å². The molecule has 0 spiro atoms. The van der Waals surface area contributed by atoms with E-state index in [1.165, 1.54) is 0 Å². The number of hydrogen-bond donors (Lipinski definition) is 1. The molecule has 0 heterocycles. The minimum Gasteiger partial charge on any atom is -0.465 e. The van der Waals surface area contributed by atoms with Crippen molar-refractivity contribution in [2.24, 2.45) is 17.6 Å². The summed E-state index contributed by atoms with van der Waals surface area (Å²) < 4.78 is 5.16. The third kappa shape index (κ3) is 3.51. The van der Waals surface area contributed by atoms with Crippen LogP contribution in [0.3, 0.4) is 0 Å². The standard InChI is InChI=1S/C12H21NO3/c1-2-3-8-16-12(15)10-7-5-4-6-9(10)11(13)14/h9-10H,2-8H2,1H3,(H2,13,14). The van der Waals surface area contributed by atoms with Crippen molar-refractivity contribution < 1.29 is 14.3 Å². The molecule has 0 radical (unpaired) electrons. The maximum absolute atomic E-state index is 11.8. The molecule has 0 aliphatic heterocycles. The topological polar surface area (TPSA) is 69.4 Å². The van der Waals surface area contributed by atoms with Crippen LogP contribution in [0.4, 0.5) is 0 Å². The highest BCUT2D eigenvalue weighted by Gasteiger charge is 2.35. The number of carbonyl (C=O) groups excluding carboxylic acids is 2. The van der Waals surface area contributed by atoms with Gasteiger partial charge in [-0.2, -0.15) is 0 Å². The Bertz CT molecular complexity index is 253. The Morgan fingerprint density at radius 1 is 1.25 bits per heavy atom. The van der Waals surface area contributed by atoms with E-state index in [0.717, 1.165) is 38.5 Å². The molecule has 2 unspecified atom stereocenters. The fourth-order valence-corrected chi connectivity index (χ4v) is 2.18. The van der Waals surface area contributed by atoms with Gasteiger partial charge < -0.3 is 10.5 Å². The van der Waals surface area contributed by atoms with E-state index >= 15 is 0 Å². The van der Waals surface area contributed by atoms with Gasteiger partial charge in [-0.3, -0.25) is 9.59 Å². The molecule has 0 saturated heterocycles. The van der Waals surface area contributed by atoms with Crippen LogP contribution in [0.5, 0.6) is 0 Å². The predicted octanol–water partition coefficient (Wildman–Crippen LogP) is 1.62. The molecule has 0 aromatic rings. The zero-order chi connectivity index (χ0) is 12.0. The predicted molar refractivity (Wildman–Crippen MR) is 60.5 cm³/mol. The molecule has 4 heteroatoms. The number of hydrogen-bond acceptors (Lipinski definition) is 3. The fourth-order valence-electron chi connectivity index (χ4n) is 2.18. The highest BCUT2D eigenvalue weighted by atomic mass is 16.5. The van der Waals surface area contributed by atoms with Crippen molar-refractivity contribution in [2.45, 2.75) is 45.4 Å². The lowest BCUT2D eigenvalue weighted by molar-refractivity contribution is -0.154. The van der Waals surface area contributed by atoms with Gasteiger partial charge in [0.05, 0.1) is 18.4 Å². The van der Waals surface area contributed by atoms with Gasteiger partial charge in [0.25, 0.3) is 0 Å². The van der Waals surface area contributed by atoms with E-state index in [0.29, 0.717) is 6.61 Å². The van der Waals surface area contributed by atoms with E-state index in [1.54, 1.807) is 0 Å². The third-order valence-electron chi connectivity index (χ3n) is 3.18. The number of carbonyl (C=O) groups is 2. The first kappa shape index (κ1) is 13.0. The summed E-state index contributed by atoms with van der Waals surface area (Å²) in [4.78, 5) is 23.0. The number of ether oxygens (including phenoxy) is 1. The van der Waals surface area contributed by atoms with Crippen LogP contribution in [-0.2, 0) is 14.3 Å². The largest absolute Gasteiger partial charge is 0.465 e. The first-order valence-corrected chi connectivity index (χ1v) is 6.12. The first-order chi connectivity index (χ1) is 7.66. The third-order valence-corrected chi connectivity index (χ3v) is 3.18. The van der Waals surface area contributed by atoms with Gasteiger partial charge in [0, 0.05) is 0 Å². The summed E-state index contributed by atoms with van der Waals surface area (Å²) in [7, 11) is 0. The van der Waals surface area contributed by atoms with Crippen LogP contribution in [0.25, 0.3) is 0 Å². The molecule has 4 nitrogen and oxygen atoms in total. The van der Waals surface area contributed by atoms with E-state index in [2.05, 4.69) is 0 Å². The molecule has 1 rings (SSSR count). The molecular weight excluding hydrogens is 206 g/mol. The number of nitrogens with two attached hydrogens (primary N) is 1. The number of esters is 1. The average Bonchev–Trinajstić information content (AvgIpc) is 2.29. The van der Waals surface area contributed by atoms with Crippen LogP contribution < -0.4 is 5.73 Å². The van der Waals surface area contributed by atoms with Crippen molar-refractivity contribution in [1.82, 2.24) is 0 Å². The van der Waals surface area contributed by atoms with Crippen LogP contribution in [0.15, 0.2) is 0 Å².